The Hall–Kier alpha value is -4.84. The quantitative estimate of drug-likeness (QED) is 0.228. The molecule has 8 rings (SSSR count). The maximum Gasteiger partial charge on any atom is 0.109 e. The zero-order valence-corrected chi connectivity index (χ0v) is 22.9. The number of benzene rings is 5. The first-order valence-corrected chi connectivity index (χ1v) is 13.9. The summed E-state index contributed by atoms with van der Waals surface area (Å²) < 4.78 is 0. The molecule has 0 unspecified atom stereocenters. The van der Waals surface area contributed by atoms with Crippen LogP contribution in [0.25, 0.3) is 76.3 Å². The van der Waals surface area contributed by atoms with Crippen LogP contribution in [0.3, 0.4) is 0 Å². The van der Waals surface area contributed by atoms with Crippen LogP contribution in [0.1, 0.15) is 51.2 Å². The van der Waals surface area contributed by atoms with Crippen molar-refractivity contribution in [1.82, 2.24) is 30.1 Å². The van der Waals surface area contributed by atoms with Crippen LogP contribution in [-0.4, -0.2) is 30.1 Å². The molecule has 2 N–H and O–H groups in total. The van der Waals surface area contributed by atoms with Crippen LogP contribution in [0.4, 0.5) is 0 Å². The van der Waals surface area contributed by atoms with E-state index in [1.165, 1.54) is 27.1 Å². The van der Waals surface area contributed by atoms with Crippen LogP contribution in [0.15, 0.2) is 73.1 Å². The molecule has 3 aromatic heterocycles. The standard InChI is InChI=1S/C34H28N6/c1-17(2)33-37-29-22-8-6-5-7-21(22)25-13-19(9-11-23(25)30(29)38-33)20-10-12-24-26(14-20)27-15-35-36-16-28(27)32-31(24)39-34(40-32)18(3)4/h5-18H,1-4H3,(H,37,38)(H,39,40). The average molecular weight is 521 g/mol. The number of nitrogens with zero attached hydrogens (tertiary/aromatic N) is 4. The van der Waals surface area contributed by atoms with Gasteiger partial charge in [-0.25, -0.2) is 9.97 Å². The third kappa shape index (κ3) is 3.22. The van der Waals surface area contributed by atoms with Gasteiger partial charge in [0.2, 0.25) is 0 Å². The predicted octanol–water partition coefficient (Wildman–Crippen LogP) is 8.76. The van der Waals surface area contributed by atoms with Crippen molar-refractivity contribution in [3.8, 4) is 11.1 Å². The molecule has 0 aliphatic rings. The van der Waals surface area contributed by atoms with Gasteiger partial charge in [0.25, 0.3) is 0 Å². The van der Waals surface area contributed by atoms with Crippen LogP contribution in [0.2, 0.25) is 0 Å². The number of nitrogens with one attached hydrogen (secondary N) is 2. The van der Waals surface area contributed by atoms with Crippen LogP contribution in [0.5, 0.6) is 0 Å². The summed E-state index contributed by atoms with van der Waals surface area (Å²) in [4.78, 5) is 17.2. The Balaban J connectivity index is 1.41. The SMILES string of the molecule is CC(C)c1nc2c3ccccc3c3cc(-c4ccc5c(c4)c4cnncc4c4nc(C(C)C)[nH]c54)ccc3c2[nH]1. The Labute approximate surface area is 230 Å². The van der Waals surface area contributed by atoms with Crippen LogP contribution in [-0.2, 0) is 0 Å². The van der Waals surface area contributed by atoms with Crippen LogP contribution < -0.4 is 0 Å². The summed E-state index contributed by atoms with van der Waals surface area (Å²) in [6.07, 6.45) is 3.69. The molecule has 194 valence electrons. The number of H-pyrrole nitrogens is 2. The summed E-state index contributed by atoms with van der Waals surface area (Å²) in [5.74, 6) is 2.64. The van der Waals surface area contributed by atoms with E-state index < -0.39 is 0 Å². The highest BCUT2D eigenvalue weighted by Crippen LogP contribution is 2.39. The van der Waals surface area contributed by atoms with Crippen molar-refractivity contribution in [2.24, 2.45) is 0 Å². The molecule has 0 atom stereocenters. The largest absolute Gasteiger partial charge is 0.341 e. The van der Waals surface area contributed by atoms with Gasteiger partial charge in [-0.1, -0.05) is 76.2 Å². The van der Waals surface area contributed by atoms with Gasteiger partial charge in [0, 0.05) is 38.8 Å². The molecule has 0 spiro atoms. The summed E-state index contributed by atoms with van der Waals surface area (Å²) in [5, 5.41) is 17.6. The molecule has 3 heterocycles. The summed E-state index contributed by atoms with van der Waals surface area (Å²) >= 11 is 0. The van der Waals surface area contributed by atoms with E-state index in [0.29, 0.717) is 11.8 Å². The topological polar surface area (TPSA) is 83.1 Å². The van der Waals surface area contributed by atoms with Crippen molar-refractivity contribution in [1.29, 1.82) is 0 Å². The van der Waals surface area contributed by atoms with Crippen molar-refractivity contribution in [2.75, 3.05) is 0 Å². The van der Waals surface area contributed by atoms with Crippen LogP contribution in [0, 0.1) is 0 Å². The van der Waals surface area contributed by atoms with E-state index in [1.54, 1.807) is 0 Å². The molecule has 0 fully saturated rings. The molecule has 0 saturated heterocycles. The fourth-order valence-corrected chi connectivity index (χ4v) is 6.09. The van der Waals surface area contributed by atoms with E-state index in [4.69, 9.17) is 9.97 Å². The smallest absolute Gasteiger partial charge is 0.109 e. The third-order valence-electron chi connectivity index (χ3n) is 8.20. The van der Waals surface area contributed by atoms with E-state index >= 15 is 0 Å². The second-order valence-electron chi connectivity index (χ2n) is 11.4. The van der Waals surface area contributed by atoms with Crippen molar-refractivity contribution in [3.63, 3.8) is 0 Å². The van der Waals surface area contributed by atoms with E-state index in [2.05, 4.69) is 109 Å². The van der Waals surface area contributed by atoms with Gasteiger partial charge >= 0.3 is 0 Å². The summed E-state index contributed by atoms with van der Waals surface area (Å²) in [6.45, 7) is 8.67. The van der Waals surface area contributed by atoms with Gasteiger partial charge in [-0.05, 0) is 39.4 Å². The average Bonchev–Trinajstić information content (AvgIpc) is 3.64. The minimum atomic E-state index is 0.303. The zero-order chi connectivity index (χ0) is 27.1. The van der Waals surface area contributed by atoms with Gasteiger partial charge in [-0.15, -0.1) is 0 Å². The van der Waals surface area contributed by atoms with Gasteiger partial charge in [0.05, 0.1) is 34.5 Å². The summed E-state index contributed by atoms with van der Waals surface area (Å²) in [5.41, 5.74) is 6.49. The van der Waals surface area contributed by atoms with Gasteiger partial charge in [-0.2, -0.15) is 10.2 Å². The highest BCUT2D eigenvalue weighted by molar-refractivity contribution is 6.25. The number of rotatable bonds is 3. The number of hydrogen-bond donors (Lipinski definition) is 2. The maximum atomic E-state index is 5.00. The summed E-state index contributed by atoms with van der Waals surface area (Å²) in [7, 11) is 0. The number of aromatic amines is 2. The molecular weight excluding hydrogens is 492 g/mol. The number of imidazole rings is 2. The monoisotopic (exact) mass is 520 g/mol. The first kappa shape index (κ1) is 23.1. The highest BCUT2D eigenvalue weighted by atomic mass is 15.1. The molecule has 5 aromatic carbocycles. The minimum absolute atomic E-state index is 0.303. The minimum Gasteiger partial charge on any atom is -0.341 e. The summed E-state index contributed by atoms with van der Waals surface area (Å²) in [6, 6.07) is 22.1. The van der Waals surface area contributed by atoms with E-state index in [0.717, 1.165) is 60.8 Å². The molecule has 6 heteroatoms. The fraction of sp³-hybridized carbons (Fsp3) is 0.176. The second-order valence-corrected chi connectivity index (χ2v) is 11.4. The van der Waals surface area contributed by atoms with E-state index in [-0.39, 0.29) is 0 Å². The molecule has 0 aliphatic carbocycles. The first-order chi connectivity index (χ1) is 19.5. The molecule has 0 aliphatic heterocycles. The molecule has 8 aromatic rings. The van der Waals surface area contributed by atoms with E-state index in [9.17, 15) is 0 Å². The lowest BCUT2D eigenvalue weighted by Gasteiger charge is -2.11. The normalized spacial score (nSPS) is 12.4. The molecule has 0 bridgehead atoms. The molecular formula is C34H28N6. The molecule has 0 saturated carbocycles. The third-order valence-corrected chi connectivity index (χ3v) is 8.20. The highest BCUT2D eigenvalue weighted by Gasteiger charge is 2.17. The molecule has 40 heavy (non-hydrogen) atoms. The Morgan fingerprint density at radius 2 is 1.00 bits per heavy atom. The number of fused-ring (bicyclic) bond motifs is 12. The Kier molecular flexibility index (Phi) is 4.81. The lowest BCUT2D eigenvalue weighted by atomic mass is 9.94. The Morgan fingerprint density at radius 3 is 1.57 bits per heavy atom. The lowest BCUT2D eigenvalue weighted by Crippen LogP contribution is -1.88. The van der Waals surface area contributed by atoms with Crippen molar-refractivity contribution < 1.29 is 0 Å². The molecule has 0 amide bonds. The molecule has 6 nitrogen and oxygen atoms in total. The fourth-order valence-electron chi connectivity index (χ4n) is 6.09. The second kappa shape index (κ2) is 8.33. The maximum absolute atomic E-state index is 5.00. The van der Waals surface area contributed by atoms with Crippen molar-refractivity contribution in [2.45, 2.75) is 39.5 Å². The van der Waals surface area contributed by atoms with Gasteiger partial charge in [-0.3, -0.25) is 0 Å². The lowest BCUT2D eigenvalue weighted by molar-refractivity contribution is 0.799. The predicted molar refractivity (Wildman–Crippen MR) is 165 cm³/mol. The number of hydrogen-bond acceptors (Lipinski definition) is 4. The first-order valence-electron chi connectivity index (χ1n) is 13.9. The van der Waals surface area contributed by atoms with Crippen molar-refractivity contribution >= 4 is 65.2 Å². The van der Waals surface area contributed by atoms with Gasteiger partial charge in [0.1, 0.15) is 11.6 Å². The Bertz CT molecular complexity index is 2120. The number of aromatic nitrogens is 6. The van der Waals surface area contributed by atoms with Gasteiger partial charge in [0.15, 0.2) is 0 Å². The zero-order valence-electron chi connectivity index (χ0n) is 22.9. The van der Waals surface area contributed by atoms with Gasteiger partial charge < -0.3 is 9.97 Å². The molecule has 0 radical (unpaired) electrons. The van der Waals surface area contributed by atoms with Crippen LogP contribution >= 0.6 is 0 Å². The Morgan fingerprint density at radius 1 is 0.500 bits per heavy atom. The van der Waals surface area contributed by atoms with Crippen molar-refractivity contribution in [3.05, 3.63) is 84.7 Å². The van der Waals surface area contributed by atoms with E-state index in [1.807, 2.05) is 12.4 Å².